The predicted molar refractivity (Wildman–Crippen MR) is 104 cm³/mol. The van der Waals surface area contributed by atoms with Crippen LogP contribution in [0.3, 0.4) is 0 Å². The maximum absolute atomic E-state index is 11.9. The van der Waals surface area contributed by atoms with E-state index >= 15 is 0 Å². The SMILES string of the molecule is C=C1C[C@@H](CC)O[C@]12CC[C@H]1[C@@H]3CCC4=CC(=O)CC[C@@H]4[C@H]3CC[C@@]12C. The lowest BCUT2D eigenvalue weighted by molar-refractivity contribution is -0.133. The Morgan fingerprint density at radius 2 is 2.00 bits per heavy atom. The van der Waals surface area contributed by atoms with Gasteiger partial charge in [-0.2, -0.15) is 0 Å². The third-order valence-corrected chi connectivity index (χ3v) is 9.29. The number of hydrogen-bond acceptors (Lipinski definition) is 2. The van der Waals surface area contributed by atoms with Gasteiger partial charge < -0.3 is 4.74 Å². The summed E-state index contributed by atoms with van der Waals surface area (Å²) in [6.45, 7) is 9.32. The fourth-order valence-electron chi connectivity index (χ4n) is 8.03. The normalized spacial score (nSPS) is 50.4. The van der Waals surface area contributed by atoms with Gasteiger partial charge in [0.1, 0.15) is 0 Å². The minimum atomic E-state index is -0.0397. The van der Waals surface area contributed by atoms with Gasteiger partial charge in [0.2, 0.25) is 0 Å². The zero-order valence-electron chi connectivity index (χ0n) is 16.6. The van der Waals surface area contributed by atoms with E-state index in [9.17, 15) is 4.79 Å². The van der Waals surface area contributed by atoms with Crippen LogP contribution in [0.1, 0.15) is 78.1 Å². The van der Waals surface area contributed by atoms with Crippen LogP contribution in [0.4, 0.5) is 0 Å². The number of rotatable bonds is 1. The molecule has 26 heavy (non-hydrogen) atoms. The fraction of sp³-hybridized carbons (Fsp3) is 0.792. The van der Waals surface area contributed by atoms with Crippen molar-refractivity contribution in [3.63, 3.8) is 0 Å². The Bertz CT molecular complexity index is 676. The molecule has 4 fully saturated rings. The summed E-state index contributed by atoms with van der Waals surface area (Å²) in [5.41, 5.74) is 3.13. The van der Waals surface area contributed by atoms with Crippen molar-refractivity contribution in [2.24, 2.45) is 29.1 Å². The van der Waals surface area contributed by atoms with Gasteiger partial charge in [-0.25, -0.2) is 0 Å². The molecule has 0 N–H and O–H groups in total. The minimum absolute atomic E-state index is 0.0397. The van der Waals surface area contributed by atoms with Gasteiger partial charge in [0.05, 0.1) is 11.7 Å². The Balaban J connectivity index is 1.45. The van der Waals surface area contributed by atoms with E-state index in [4.69, 9.17) is 4.74 Å². The van der Waals surface area contributed by atoms with Crippen LogP contribution >= 0.6 is 0 Å². The molecule has 1 heterocycles. The minimum Gasteiger partial charge on any atom is -0.367 e. The lowest BCUT2D eigenvalue weighted by Gasteiger charge is -2.56. The van der Waals surface area contributed by atoms with Gasteiger partial charge in [-0.1, -0.05) is 26.0 Å². The van der Waals surface area contributed by atoms with Gasteiger partial charge in [-0.15, -0.1) is 0 Å². The Morgan fingerprint density at radius 3 is 2.77 bits per heavy atom. The van der Waals surface area contributed by atoms with Crippen LogP contribution in [0.25, 0.3) is 0 Å². The van der Waals surface area contributed by atoms with Crippen molar-refractivity contribution < 1.29 is 9.53 Å². The molecule has 0 aromatic carbocycles. The molecule has 1 spiro atoms. The van der Waals surface area contributed by atoms with Crippen LogP contribution in [-0.4, -0.2) is 17.5 Å². The summed E-state index contributed by atoms with van der Waals surface area (Å²) in [4.78, 5) is 11.9. The van der Waals surface area contributed by atoms with Crippen LogP contribution in [0.2, 0.25) is 0 Å². The van der Waals surface area contributed by atoms with Gasteiger partial charge in [-0.05, 0) is 93.1 Å². The molecule has 142 valence electrons. The first kappa shape index (κ1) is 17.2. The number of fused-ring (bicyclic) bond motifs is 6. The highest BCUT2D eigenvalue weighted by atomic mass is 16.5. The van der Waals surface area contributed by atoms with Gasteiger partial charge >= 0.3 is 0 Å². The molecule has 5 rings (SSSR count). The molecule has 5 aliphatic rings. The highest BCUT2D eigenvalue weighted by Crippen LogP contribution is 2.69. The van der Waals surface area contributed by atoms with Crippen LogP contribution in [0.15, 0.2) is 23.8 Å². The van der Waals surface area contributed by atoms with Crippen LogP contribution in [0, 0.1) is 29.1 Å². The number of carbonyl (C=O) groups excluding carboxylic acids is 1. The molecule has 0 unspecified atom stereocenters. The third-order valence-electron chi connectivity index (χ3n) is 9.29. The third kappa shape index (κ3) is 2.11. The van der Waals surface area contributed by atoms with Gasteiger partial charge in [0.25, 0.3) is 0 Å². The Hall–Kier alpha value is -0.890. The van der Waals surface area contributed by atoms with Crippen LogP contribution in [-0.2, 0) is 9.53 Å². The fourth-order valence-corrected chi connectivity index (χ4v) is 8.03. The summed E-state index contributed by atoms with van der Waals surface area (Å²) in [5, 5.41) is 0. The van der Waals surface area contributed by atoms with Crippen LogP contribution in [0.5, 0.6) is 0 Å². The molecule has 1 saturated heterocycles. The first-order valence-corrected chi connectivity index (χ1v) is 11.1. The van der Waals surface area contributed by atoms with E-state index in [0.29, 0.717) is 17.8 Å². The molecule has 0 bridgehead atoms. The van der Waals surface area contributed by atoms with Crippen molar-refractivity contribution in [1.82, 2.24) is 0 Å². The average Bonchev–Trinajstić information content (AvgIpc) is 3.13. The van der Waals surface area contributed by atoms with E-state index < -0.39 is 0 Å². The average molecular weight is 355 g/mol. The number of carbonyl (C=O) groups is 1. The highest BCUT2D eigenvalue weighted by molar-refractivity contribution is 5.91. The summed E-state index contributed by atoms with van der Waals surface area (Å²) >= 11 is 0. The molecule has 0 amide bonds. The maximum Gasteiger partial charge on any atom is 0.155 e. The Kier molecular flexibility index (Phi) is 3.84. The number of ether oxygens (including phenoxy) is 1. The van der Waals surface area contributed by atoms with Crippen molar-refractivity contribution in [1.29, 1.82) is 0 Å². The van der Waals surface area contributed by atoms with Gasteiger partial charge in [-0.3, -0.25) is 4.79 Å². The maximum atomic E-state index is 11.9. The standard InChI is InChI=1S/C24H34O2/c1-4-18-13-15(2)24(26-18)12-10-22-21-7-5-16-14-17(25)6-8-19(16)20(21)9-11-23(22,24)3/h14,18-22H,2,4-13H2,1,3H3/t18-,19+,20-,21-,22+,23+,24-/m1/s1. The molecule has 2 heteroatoms. The van der Waals surface area contributed by atoms with E-state index in [0.717, 1.165) is 49.9 Å². The van der Waals surface area contributed by atoms with Crippen LogP contribution < -0.4 is 0 Å². The number of allylic oxidation sites excluding steroid dienone is 1. The molecular formula is C24H34O2. The van der Waals surface area contributed by atoms with E-state index in [2.05, 4.69) is 20.4 Å². The number of ketones is 1. The summed E-state index contributed by atoms with van der Waals surface area (Å²) < 4.78 is 6.79. The molecule has 7 atom stereocenters. The van der Waals surface area contributed by atoms with Crippen molar-refractivity contribution in [2.45, 2.75) is 89.8 Å². The van der Waals surface area contributed by atoms with E-state index in [1.165, 1.54) is 43.3 Å². The summed E-state index contributed by atoms with van der Waals surface area (Å²) in [6.07, 6.45) is 14.1. The first-order valence-electron chi connectivity index (χ1n) is 11.1. The van der Waals surface area contributed by atoms with E-state index in [1.807, 2.05) is 6.08 Å². The number of hydrogen-bond donors (Lipinski definition) is 0. The second-order valence-corrected chi connectivity index (χ2v) is 10.1. The summed E-state index contributed by atoms with van der Waals surface area (Å²) in [5.74, 6) is 3.50. The van der Waals surface area contributed by atoms with Crippen molar-refractivity contribution in [3.05, 3.63) is 23.8 Å². The lowest BCUT2D eigenvalue weighted by Crippen LogP contribution is -2.53. The summed E-state index contributed by atoms with van der Waals surface area (Å²) in [7, 11) is 0. The van der Waals surface area contributed by atoms with Gasteiger partial charge in [0.15, 0.2) is 5.78 Å². The zero-order valence-corrected chi connectivity index (χ0v) is 16.6. The lowest BCUT2D eigenvalue weighted by atomic mass is 9.50. The zero-order chi connectivity index (χ0) is 18.1. The molecule has 4 aliphatic carbocycles. The second kappa shape index (κ2) is 5.80. The quantitative estimate of drug-likeness (QED) is 0.571. The van der Waals surface area contributed by atoms with E-state index in [-0.39, 0.29) is 11.0 Å². The summed E-state index contributed by atoms with van der Waals surface area (Å²) in [6, 6.07) is 0. The smallest absolute Gasteiger partial charge is 0.155 e. The molecule has 0 aromatic heterocycles. The Labute approximate surface area is 158 Å². The molecule has 1 aliphatic heterocycles. The Morgan fingerprint density at radius 1 is 1.15 bits per heavy atom. The van der Waals surface area contributed by atoms with Crippen molar-refractivity contribution in [3.8, 4) is 0 Å². The second-order valence-electron chi connectivity index (χ2n) is 10.1. The van der Waals surface area contributed by atoms with E-state index in [1.54, 1.807) is 0 Å². The van der Waals surface area contributed by atoms with Crippen molar-refractivity contribution in [2.75, 3.05) is 0 Å². The first-order chi connectivity index (χ1) is 12.5. The molecule has 0 radical (unpaired) electrons. The molecule has 2 nitrogen and oxygen atoms in total. The highest BCUT2D eigenvalue weighted by Gasteiger charge is 2.66. The van der Waals surface area contributed by atoms with Gasteiger partial charge in [0, 0.05) is 11.8 Å². The van der Waals surface area contributed by atoms with Crippen molar-refractivity contribution >= 4 is 5.78 Å². The topological polar surface area (TPSA) is 26.3 Å². The molecule has 0 aromatic rings. The molecular weight excluding hydrogens is 320 g/mol. The monoisotopic (exact) mass is 354 g/mol. The molecule has 3 saturated carbocycles. The largest absolute Gasteiger partial charge is 0.367 e. The predicted octanol–water partition coefficient (Wildman–Crippen LogP) is 5.62.